The summed E-state index contributed by atoms with van der Waals surface area (Å²) >= 11 is 0. The lowest BCUT2D eigenvalue weighted by molar-refractivity contribution is -0.115. The van der Waals surface area contributed by atoms with Crippen LogP contribution in [0.15, 0.2) is 0 Å². The number of hydrogen-bond acceptors (Lipinski definition) is 3. The van der Waals surface area contributed by atoms with E-state index in [2.05, 4.69) is 20.8 Å². The van der Waals surface area contributed by atoms with Gasteiger partial charge >= 0.3 is 0 Å². The van der Waals surface area contributed by atoms with Crippen LogP contribution >= 0.6 is 0 Å². The first-order chi connectivity index (χ1) is 14.4. The highest BCUT2D eigenvalue weighted by Crippen LogP contribution is 2.70. The van der Waals surface area contributed by atoms with Crippen molar-refractivity contribution in [3.63, 3.8) is 0 Å². The third-order valence-corrected chi connectivity index (χ3v) is 11.5. The smallest absolute Gasteiger partial charge is 0.124 e. The van der Waals surface area contributed by atoms with Crippen molar-refractivity contribution in [2.45, 2.75) is 104 Å². The molecule has 1 saturated heterocycles. The van der Waals surface area contributed by atoms with E-state index in [1.807, 2.05) is 0 Å². The Kier molecular flexibility index (Phi) is 5.62. The Morgan fingerprint density at radius 3 is 2.67 bits per heavy atom. The SMILES string of the molecule is C[C@@H]1C(CCC(C=O)CN)O[C@H]2C[C@H]3[C@@H]4CCC5CCCC[C@]5(C)[C@H]4CC[C@]3(C)[C@H]21. The van der Waals surface area contributed by atoms with Gasteiger partial charge in [-0.05, 0) is 104 Å². The summed E-state index contributed by atoms with van der Waals surface area (Å²) in [7, 11) is 0. The molecule has 0 aromatic heterocycles. The number of hydrogen-bond donors (Lipinski definition) is 1. The minimum absolute atomic E-state index is 0.00596. The standard InChI is InChI=1S/C27H45NO2/c1-17-23(10-7-18(15-28)16-29)30-24-14-22-20-9-8-19-6-4-5-12-26(19,2)21(20)11-13-27(22,3)25(17)24/h16-25H,4-15,28H2,1-3H3/t17-,18?,19?,20-,21+,22+,23?,24+,25+,26+,27+/m1/s1. The maximum Gasteiger partial charge on any atom is 0.124 e. The zero-order chi connectivity index (χ0) is 21.1. The second-order valence-electron chi connectivity index (χ2n) is 12.5. The molecule has 11 atom stereocenters. The van der Waals surface area contributed by atoms with Gasteiger partial charge in [0.2, 0.25) is 0 Å². The highest BCUT2D eigenvalue weighted by atomic mass is 16.5. The first-order valence-electron chi connectivity index (χ1n) is 13.2. The van der Waals surface area contributed by atoms with E-state index in [4.69, 9.17) is 10.5 Å². The van der Waals surface area contributed by atoms with Crippen LogP contribution in [0.1, 0.15) is 91.4 Å². The van der Waals surface area contributed by atoms with Crippen molar-refractivity contribution in [2.75, 3.05) is 6.54 Å². The van der Waals surface area contributed by atoms with E-state index in [0.717, 1.165) is 48.7 Å². The largest absolute Gasteiger partial charge is 0.374 e. The van der Waals surface area contributed by atoms with Crippen LogP contribution in [0, 0.1) is 52.3 Å². The van der Waals surface area contributed by atoms with Gasteiger partial charge in [-0.25, -0.2) is 0 Å². The van der Waals surface area contributed by atoms with Gasteiger partial charge in [0.1, 0.15) is 6.29 Å². The van der Waals surface area contributed by atoms with Gasteiger partial charge in [0.15, 0.2) is 0 Å². The van der Waals surface area contributed by atoms with Crippen molar-refractivity contribution in [1.82, 2.24) is 0 Å². The summed E-state index contributed by atoms with van der Waals surface area (Å²) in [5, 5.41) is 0. The first kappa shape index (κ1) is 21.4. The van der Waals surface area contributed by atoms with Crippen molar-refractivity contribution in [3.05, 3.63) is 0 Å². The van der Waals surface area contributed by atoms with Crippen molar-refractivity contribution in [2.24, 2.45) is 58.0 Å². The van der Waals surface area contributed by atoms with E-state index in [-0.39, 0.29) is 5.92 Å². The number of carbonyl (C=O) groups is 1. The van der Waals surface area contributed by atoms with E-state index in [9.17, 15) is 4.79 Å². The first-order valence-corrected chi connectivity index (χ1v) is 13.2. The molecule has 4 aliphatic carbocycles. The monoisotopic (exact) mass is 415 g/mol. The minimum atomic E-state index is 0.00596. The van der Waals surface area contributed by atoms with Crippen molar-refractivity contribution in [3.8, 4) is 0 Å². The average molecular weight is 416 g/mol. The highest BCUT2D eigenvalue weighted by molar-refractivity contribution is 5.53. The maximum atomic E-state index is 11.2. The number of fused-ring (bicyclic) bond motifs is 7. The number of aldehydes is 1. The predicted molar refractivity (Wildman–Crippen MR) is 121 cm³/mol. The molecule has 0 bridgehead atoms. The molecule has 3 unspecified atom stereocenters. The molecule has 3 heteroatoms. The van der Waals surface area contributed by atoms with Crippen LogP contribution < -0.4 is 5.73 Å². The third-order valence-electron chi connectivity index (χ3n) is 11.5. The van der Waals surface area contributed by atoms with Gasteiger partial charge in [0.05, 0.1) is 12.2 Å². The normalized spacial score (nSPS) is 53.3. The van der Waals surface area contributed by atoms with Crippen LogP contribution in [0.3, 0.4) is 0 Å². The molecule has 0 radical (unpaired) electrons. The van der Waals surface area contributed by atoms with Crippen molar-refractivity contribution in [1.29, 1.82) is 0 Å². The van der Waals surface area contributed by atoms with Crippen LogP contribution in [-0.4, -0.2) is 25.0 Å². The molecule has 1 aliphatic heterocycles. The lowest BCUT2D eigenvalue weighted by Crippen LogP contribution is -2.53. The van der Waals surface area contributed by atoms with E-state index in [0.29, 0.717) is 35.5 Å². The van der Waals surface area contributed by atoms with E-state index >= 15 is 0 Å². The minimum Gasteiger partial charge on any atom is -0.374 e. The molecule has 4 saturated carbocycles. The topological polar surface area (TPSA) is 52.3 Å². The molecule has 0 aromatic carbocycles. The third kappa shape index (κ3) is 3.08. The summed E-state index contributed by atoms with van der Waals surface area (Å²) < 4.78 is 6.75. The molecular weight excluding hydrogens is 370 g/mol. The van der Waals surface area contributed by atoms with Crippen LogP contribution in [0.25, 0.3) is 0 Å². The molecule has 0 spiro atoms. The van der Waals surface area contributed by atoms with E-state index in [1.54, 1.807) is 0 Å². The van der Waals surface area contributed by atoms with Gasteiger partial charge in [0, 0.05) is 12.5 Å². The molecule has 30 heavy (non-hydrogen) atoms. The van der Waals surface area contributed by atoms with Crippen LogP contribution in [0.2, 0.25) is 0 Å². The molecule has 1 heterocycles. The second kappa shape index (κ2) is 7.87. The molecule has 5 rings (SSSR count). The zero-order valence-electron chi connectivity index (χ0n) is 19.7. The lowest BCUT2D eigenvalue weighted by Gasteiger charge is -2.60. The van der Waals surface area contributed by atoms with Gasteiger partial charge < -0.3 is 15.3 Å². The summed E-state index contributed by atoms with van der Waals surface area (Å²) in [6, 6.07) is 0. The van der Waals surface area contributed by atoms with E-state index in [1.165, 1.54) is 57.8 Å². The Bertz CT molecular complexity index is 651. The van der Waals surface area contributed by atoms with Gasteiger partial charge in [-0.3, -0.25) is 0 Å². The molecule has 170 valence electrons. The summed E-state index contributed by atoms with van der Waals surface area (Å²) in [6.45, 7) is 8.25. The van der Waals surface area contributed by atoms with Gasteiger partial charge in [-0.15, -0.1) is 0 Å². The fourth-order valence-corrected chi connectivity index (χ4v) is 9.93. The molecular formula is C27H45NO2. The van der Waals surface area contributed by atoms with Gasteiger partial charge in [0.25, 0.3) is 0 Å². The molecule has 0 amide bonds. The number of nitrogens with two attached hydrogens (primary N) is 1. The Hall–Kier alpha value is -0.410. The Morgan fingerprint density at radius 2 is 1.90 bits per heavy atom. The Morgan fingerprint density at radius 1 is 1.07 bits per heavy atom. The number of ether oxygens (including phenoxy) is 1. The fraction of sp³-hybridized carbons (Fsp3) is 0.963. The zero-order valence-corrected chi connectivity index (χ0v) is 19.7. The number of rotatable bonds is 5. The molecule has 5 aliphatic rings. The lowest BCUT2D eigenvalue weighted by atomic mass is 9.44. The Labute approximate surface area is 184 Å². The van der Waals surface area contributed by atoms with Crippen molar-refractivity contribution >= 4 is 6.29 Å². The summed E-state index contributed by atoms with van der Waals surface area (Å²) in [4.78, 5) is 11.2. The molecule has 5 fully saturated rings. The maximum absolute atomic E-state index is 11.2. The average Bonchev–Trinajstić information content (AvgIpc) is 3.22. The number of carbonyl (C=O) groups excluding carboxylic acids is 1. The molecule has 2 N–H and O–H groups in total. The summed E-state index contributed by atoms with van der Waals surface area (Å²) in [5.74, 6) is 5.14. The fourth-order valence-electron chi connectivity index (χ4n) is 9.93. The second-order valence-corrected chi connectivity index (χ2v) is 12.5. The quantitative estimate of drug-likeness (QED) is 0.594. The van der Waals surface area contributed by atoms with Gasteiger partial charge in [-0.1, -0.05) is 33.6 Å². The van der Waals surface area contributed by atoms with Crippen molar-refractivity contribution < 1.29 is 9.53 Å². The summed E-state index contributed by atoms with van der Waals surface area (Å²) in [6.07, 6.45) is 16.8. The van der Waals surface area contributed by atoms with Crippen LogP contribution in [0.5, 0.6) is 0 Å². The summed E-state index contributed by atoms with van der Waals surface area (Å²) in [5.41, 5.74) is 6.84. The Balaban J connectivity index is 1.31. The van der Waals surface area contributed by atoms with Crippen LogP contribution in [0.4, 0.5) is 0 Å². The van der Waals surface area contributed by atoms with E-state index < -0.39 is 0 Å². The molecule has 0 aromatic rings. The van der Waals surface area contributed by atoms with Crippen LogP contribution in [-0.2, 0) is 9.53 Å². The van der Waals surface area contributed by atoms with Gasteiger partial charge in [-0.2, -0.15) is 0 Å². The predicted octanol–water partition coefficient (Wildman–Crippen LogP) is 5.60. The molecule has 3 nitrogen and oxygen atoms in total. The highest BCUT2D eigenvalue weighted by Gasteiger charge is 2.65.